The van der Waals surface area contributed by atoms with Gasteiger partial charge in [-0.3, -0.25) is 4.79 Å². The van der Waals surface area contributed by atoms with E-state index in [-0.39, 0.29) is 6.42 Å². The highest BCUT2D eigenvalue weighted by Gasteiger charge is 2.13. The molecule has 0 saturated carbocycles. The van der Waals surface area contributed by atoms with E-state index in [0.717, 1.165) is 5.69 Å². The van der Waals surface area contributed by atoms with Gasteiger partial charge in [0, 0.05) is 12.0 Å². The Morgan fingerprint density at radius 1 is 1.47 bits per heavy atom. The van der Waals surface area contributed by atoms with Gasteiger partial charge in [0.15, 0.2) is 0 Å². The zero-order chi connectivity index (χ0) is 13.8. The first kappa shape index (κ1) is 13.4. The van der Waals surface area contributed by atoms with Crippen LogP contribution in [0.15, 0.2) is 30.5 Å². The van der Waals surface area contributed by atoms with Crippen LogP contribution in [-0.2, 0) is 11.2 Å². The first-order valence-corrected chi connectivity index (χ1v) is 6.09. The van der Waals surface area contributed by atoms with Gasteiger partial charge in [0.2, 0.25) is 0 Å². The van der Waals surface area contributed by atoms with Crippen LogP contribution in [0.4, 0.5) is 0 Å². The molecule has 5 nitrogen and oxygen atoms in total. The second-order valence-corrected chi connectivity index (χ2v) is 4.30. The minimum absolute atomic E-state index is 0.0251. The molecule has 0 unspecified atom stereocenters. The summed E-state index contributed by atoms with van der Waals surface area (Å²) in [7, 11) is 1.57. The van der Waals surface area contributed by atoms with Crippen LogP contribution in [0.25, 0.3) is 5.69 Å². The lowest BCUT2D eigenvalue weighted by Gasteiger charge is -2.09. The van der Waals surface area contributed by atoms with Crippen LogP contribution in [-0.4, -0.2) is 28.0 Å². The monoisotopic (exact) mass is 280 g/mol. The normalized spacial score (nSPS) is 10.4. The first-order chi connectivity index (χ1) is 9.13. The molecular weight excluding hydrogens is 268 g/mol. The van der Waals surface area contributed by atoms with Gasteiger partial charge in [-0.1, -0.05) is 23.7 Å². The van der Waals surface area contributed by atoms with Crippen LogP contribution in [0.5, 0.6) is 5.75 Å². The summed E-state index contributed by atoms with van der Waals surface area (Å²) >= 11 is 6.22. The van der Waals surface area contributed by atoms with Gasteiger partial charge in [0.25, 0.3) is 0 Å². The highest BCUT2D eigenvalue weighted by molar-refractivity contribution is 6.30. The first-order valence-electron chi connectivity index (χ1n) is 5.71. The highest BCUT2D eigenvalue weighted by atomic mass is 35.5. The summed E-state index contributed by atoms with van der Waals surface area (Å²) in [6, 6.07) is 7.35. The molecule has 1 heterocycles. The molecule has 0 saturated heterocycles. The Hall–Kier alpha value is -2.01. The molecule has 1 aromatic carbocycles. The number of rotatable bonds is 5. The van der Waals surface area contributed by atoms with Crippen molar-refractivity contribution >= 4 is 17.6 Å². The van der Waals surface area contributed by atoms with Crippen LogP contribution < -0.4 is 4.74 Å². The Morgan fingerprint density at radius 2 is 2.21 bits per heavy atom. The van der Waals surface area contributed by atoms with E-state index >= 15 is 0 Å². The molecule has 0 amide bonds. The molecular formula is C13H13ClN2O3. The predicted molar refractivity (Wildman–Crippen MR) is 71.1 cm³/mol. The van der Waals surface area contributed by atoms with Crippen LogP contribution in [0.3, 0.4) is 0 Å². The van der Waals surface area contributed by atoms with Crippen molar-refractivity contribution in [3.8, 4) is 11.4 Å². The molecule has 0 fully saturated rings. The molecule has 0 aliphatic carbocycles. The number of hydrogen-bond acceptors (Lipinski definition) is 3. The number of aromatic nitrogens is 2. The Kier molecular flexibility index (Phi) is 4.06. The SMILES string of the molecule is COc1ccccc1-n1ncc(CCC(=O)O)c1Cl. The highest BCUT2D eigenvalue weighted by Crippen LogP contribution is 2.27. The summed E-state index contributed by atoms with van der Waals surface area (Å²) in [5, 5.41) is 13.3. The largest absolute Gasteiger partial charge is 0.494 e. The van der Waals surface area contributed by atoms with Gasteiger partial charge in [-0.2, -0.15) is 5.10 Å². The average molecular weight is 281 g/mol. The molecule has 0 bridgehead atoms. The number of para-hydroxylation sites is 2. The molecule has 2 aromatic rings. The number of methoxy groups -OCH3 is 1. The summed E-state index contributed by atoms with van der Waals surface area (Å²) in [5.41, 5.74) is 1.42. The Balaban J connectivity index is 2.33. The number of hydrogen-bond donors (Lipinski definition) is 1. The van der Waals surface area contributed by atoms with Crippen molar-refractivity contribution in [2.75, 3.05) is 7.11 Å². The zero-order valence-electron chi connectivity index (χ0n) is 10.3. The molecule has 1 N–H and O–H groups in total. The van der Waals surface area contributed by atoms with E-state index < -0.39 is 5.97 Å². The molecule has 0 aliphatic heterocycles. The lowest BCUT2D eigenvalue weighted by molar-refractivity contribution is -0.136. The molecule has 1 aromatic heterocycles. The Bertz CT molecular complexity index is 595. The summed E-state index contributed by atoms with van der Waals surface area (Å²) in [4.78, 5) is 10.6. The second kappa shape index (κ2) is 5.75. The number of aryl methyl sites for hydroxylation is 1. The molecule has 6 heteroatoms. The number of carboxylic acids is 1. The molecule has 0 radical (unpaired) electrons. The average Bonchev–Trinajstić information content (AvgIpc) is 2.77. The third-order valence-corrected chi connectivity index (χ3v) is 3.10. The number of carboxylic acid groups (broad SMARTS) is 1. The van der Waals surface area contributed by atoms with E-state index in [4.69, 9.17) is 21.4 Å². The lowest BCUT2D eigenvalue weighted by Crippen LogP contribution is -2.00. The van der Waals surface area contributed by atoms with E-state index in [2.05, 4.69) is 5.10 Å². The number of halogens is 1. The van der Waals surface area contributed by atoms with Crippen LogP contribution in [0.2, 0.25) is 5.15 Å². The topological polar surface area (TPSA) is 64.4 Å². The summed E-state index contributed by atoms with van der Waals surface area (Å²) in [6.45, 7) is 0. The van der Waals surface area contributed by atoms with Crippen LogP contribution >= 0.6 is 11.6 Å². The van der Waals surface area contributed by atoms with Crippen molar-refractivity contribution in [1.82, 2.24) is 9.78 Å². The maximum atomic E-state index is 10.6. The number of nitrogens with zero attached hydrogens (tertiary/aromatic N) is 2. The number of benzene rings is 1. The molecule has 19 heavy (non-hydrogen) atoms. The second-order valence-electron chi connectivity index (χ2n) is 3.94. The van der Waals surface area contributed by atoms with Crippen LogP contribution in [0.1, 0.15) is 12.0 Å². The Morgan fingerprint density at radius 3 is 2.89 bits per heavy atom. The van der Waals surface area contributed by atoms with E-state index in [1.54, 1.807) is 13.3 Å². The summed E-state index contributed by atoms with van der Waals surface area (Å²) < 4.78 is 6.79. The van der Waals surface area contributed by atoms with Gasteiger partial charge >= 0.3 is 5.97 Å². The maximum Gasteiger partial charge on any atom is 0.303 e. The van der Waals surface area contributed by atoms with E-state index in [1.165, 1.54) is 4.68 Å². The number of aliphatic carboxylic acids is 1. The minimum atomic E-state index is -0.860. The van der Waals surface area contributed by atoms with Gasteiger partial charge in [-0.05, 0) is 18.6 Å². The molecule has 0 spiro atoms. The summed E-state index contributed by atoms with van der Waals surface area (Å²) in [5.74, 6) is -0.210. The molecule has 0 aliphatic rings. The van der Waals surface area contributed by atoms with Crippen molar-refractivity contribution in [3.63, 3.8) is 0 Å². The predicted octanol–water partition coefficient (Wildman–Crippen LogP) is 2.55. The summed E-state index contributed by atoms with van der Waals surface area (Å²) in [6.07, 6.45) is 1.96. The number of ether oxygens (including phenoxy) is 1. The van der Waals surface area contributed by atoms with E-state index in [1.807, 2.05) is 24.3 Å². The van der Waals surface area contributed by atoms with Gasteiger partial charge in [-0.15, -0.1) is 0 Å². The van der Waals surface area contributed by atoms with E-state index in [9.17, 15) is 4.79 Å². The number of carbonyl (C=O) groups is 1. The van der Waals surface area contributed by atoms with Crippen molar-refractivity contribution in [2.45, 2.75) is 12.8 Å². The van der Waals surface area contributed by atoms with Gasteiger partial charge < -0.3 is 9.84 Å². The zero-order valence-corrected chi connectivity index (χ0v) is 11.1. The smallest absolute Gasteiger partial charge is 0.303 e. The minimum Gasteiger partial charge on any atom is -0.494 e. The van der Waals surface area contributed by atoms with Crippen molar-refractivity contribution in [2.24, 2.45) is 0 Å². The van der Waals surface area contributed by atoms with Gasteiger partial charge in [0.1, 0.15) is 16.6 Å². The fourth-order valence-corrected chi connectivity index (χ4v) is 2.03. The fourth-order valence-electron chi connectivity index (χ4n) is 1.75. The van der Waals surface area contributed by atoms with Crippen molar-refractivity contribution in [1.29, 1.82) is 0 Å². The van der Waals surface area contributed by atoms with Gasteiger partial charge in [-0.25, -0.2) is 4.68 Å². The molecule has 100 valence electrons. The van der Waals surface area contributed by atoms with Crippen LogP contribution in [0, 0.1) is 0 Å². The third kappa shape index (κ3) is 2.88. The van der Waals surface area contributed by atoms with Crippen molar-refractivity contribution in [3.05, 3.63) is 41.2 Å². The molecule has 0 atom stereocenters. The van der Waals surface area contributed by atoms with Gasteiger partial charge in [0.05, 0.1) is 13.3 Å². The third-order valence-electron chi connectivity index (χ3n) is 2.70. The van der Waals surface area contributed by atoms with Crippen molar-refractivity contribution < 1.29 is 14.6 Å². The lowest BCUT2D eigenvalue weighted by atomic mass is 10.2. The molecule has 2 rings (SSSR count). The maximum absolute atomic E-state index is 10.6. The quantitative estimate of drug-likeness (QED) is 0.914. The standard InChI is InChI=1S/C13H13ClN2O3/c1-19-11-5-3-2-4-10(11)16-13(14)9(8-15-16)6-7-12(17)18/h2-5,8H,6-7H2,1H3,(H,17,18). The van der Waals surface area contributed by atoms with E-state index in [0.29, 0.717) is 22.9 Å². The Labute approximate surface area is 115 Å². The fraction of sp³-hybridized carbons (Fsp3) is 0.231.